The Hall–Kier alpha value is -2.26. The van der Waals surface area contributed by atoms with Gasteiger partial charge in [0.15, 0.2) is 0 Å². The fourth-order valence-electron chi connectivity index (χ4n) is 6.06. The molecule has 1 aliphatic heterocycles. The smallest absolute Gasteiger partial charge is 0.249 e. The number of amides is 1. The van der Waals surface area contributed by atoms with Crippen LogP contribution in [0.5, 0.6) is 0 Å². The summed E-state index contributed by atoms with van der Waals surface area (Å²) < 4.78 is 49.3. The van der Waals surface area contributed by atoms with Gasteiger partial charge in [0, 0.05) is 48.0 Å². The number of alkyl halides is 2. The van der Waals surface area contributed by atoms with E-state index in [9.17, 15) is 27.9 Å². The molecule has 2 saturated carbocycles. The van der Waals surface area contributed by atoms with E-state index in [1.807, 2.05) is 31.2 Å². The number of primary amides is 1. The molecule has 5 rings (SSSR count). The molecule has 0 spiro atoms. The number of carbonyl (C=O) groups excluding carboxylic acids is 1. The van der Waals surface area contributed by atoms with Crippen LogP contribution in [0.3, 0.4) is 0 Å². The number of nitriles is 1. The summed E-state index contributed by atoms with van der Waals surface area (Å²) in [6.45, 7) is 2.95. The maximum atomic E-state index is 14.8. The van der Waals surface area contributed by atoms with Crippen LogP contribution in [0.15, 0.2) is 24.3 Å². The summed E-state index contributed by atoms with van der Waals surface area (Å²) >= 11 is 1.39. The third-order valence-electron chi connectivity index (χ3n) is 8.15. The lowest BCUT2D eigenvalue weighted by Crippen LogP contribution is -2.54. The molecule has 3 fully saturated rings. The zero-order valence-corrected chi connectivity index (χ0v) is 21.7. The standard InChI is InChI=1S/C25H30F2N4O3S2/c1-16-30-20(17-2-4-18(5-3-17)31-10-12-36(33,34)13-11-31)21(35-16)19-6-7-24(26,27)14-25(19,22(29)32)23(15-28)8-9-23/h2-5,19,33-34H,6-14H2,1H3,(H2,29,32). The molecular weight excluding hydrogens is 506 g/mol. The van der Waals surface area contributed by atoms with Crippen LogP contribution in [-0.2, 0) is 4.79 Å². The second-order valence-electron chi connectivity index (χ2n) is 10.3. The molecule has 7 nitrogen and oxygen atoms in total. The highest BCUT2D eigenvalue weighted by molar-refractivity contribution is 8.24. The minimum Gasteiger partial charge on any atom is -0.369 e. The molecule has 36 heavy (non-hydrogen) atoms. The zero-order valence-electron chi connectivity index (χ0n) is 20.0. The number of aryl methyl sites for hydroxylation is 1. The average Bonchev–Trinajstić information content (AvgIpc) is 3.54. The Morgan fingerprint density at radius 3 is 2.42 bits per heavy atom. The summed E-state index contributed by atoms with van der Waals surface area (Å²) in [6, 6.07) is 9.93. The monoisotopic (exact) mass is 536 g/mol. The third-order valence-corrected chi connectivity index (χ3v) is 10.9. The molecule has 11 heteroatoms. The van der Waals surface area contributed by atoms with Gasteiger partial charge >= 0.3 is 0 Å². The third kappa shape index (κ3) is 4.18. The molecule has 1 aromatic heterocycles. The van der Waals surface area contributed by atoms with Gasteiger partial charge in [0.1, 0.15) is 0 Å². The number of aromatic nitrogens is 1. The van der Waals surface area contributed by atoms with Crippen molar-refractivity contribution in [2.75, 3.05) is 29.5 Å². The summed E-state index contributed by atoms with van der Waals surface area (Å²) in [5, 5.41) is 10.7. The normalized spacial score (nSPS) is 29.2. The van der Waals surface area contributed by atoms with E-state index in [0.29, 0.717) is 43.1 Å². The number of anilines is 1. The summed E-state index contributed by atoms with van der Waals surface area (Å²) in [7, 11) is -2.49. The SMILES string of the molecule is Cc1nc(-c2ccc(N3CCS(O)(O)CC3)cc2)c(C2CCC(F)(F)CC2(C(N)=O)C2(C#N)CC2)s1. The number of hydrogen-bond donors (Lipinski definition) is 3. The van der Waals surface area contributed by atoms with Gasteiger partial charge in [-0.1, -0.05) is 12.1 Å². The maximum Gasteiger partial charge on any atom is 0.249 e. The Morgan fingerprint density at radius 1 is 1.22 bits per heavy atom. The van der Waals surface area contributed by atoms with Gasteiger partial charge in [-0.05, 0) is 38.3 Å². The van der Waals surface area contributed by atoms with E-state index in [1.165, 1.54) is 11.3 Å². The number of nitrogens with zero attached hydrogens (tertiary/aromatic N) is 3. The van der Waals surface area contributed by atoms with Crippen molar-refractivity contribution < 1.29 is 22.7 Å². The number of rotatable bonds is 5. The second kappa shape index (κ2) is 8.65. The first-order chi connectivity index (χ1) is 16.9. The first-order valence-electron chi connectivity index (χ1n) is 12.1. The predicted molar refractivity (Wildman–Crippen MR) is 138 cm³/mol. The largest absolute Gasteiger partial charge is 0.369 e. The quantitative estimate of drug-likeness (QED) is 0.472. The molecular formula is C25H30F2N4O3S2. The lowest BCUT2D eigenvalue weighted by Gasteiger charge is -2.47. The molecule has 2 aliphatic carbocycles. The molecule has 1 aromatic carbocycles. The molecule has 1 saturated heterocycles. The fourth-order valence-corrected chi connectivity index (χ4v) is 8.46. The van der Waals surface area contributed by atoms with Gasteiger partial charge in [-0.25, -0.2) is 13.8 Å². The molecule has 194 valence electrons. The van der Waals surface area contributed by atoms with E-state index >= 15 is 0 Å². The van der Waals surface area contributed by atoms with E-state index in [4.69, 9.17) is 10.7 Å². The number of benzene rings is 1. The molecule has 2 aromatic rings. The van der Waals surface area contributed by atoms with E-state index in [1.54, 1.807) is 0 Å². The van der Waals surface area contributed by atoms with Crippen LogP contribution in [0.4, 0.5) is 14.5 Å². The Bertz CT molecular complexity index is 1210. The topological polar surface area (TPSA) is 123 Å². The Labute approximate surface area is 214 Å². The van der Waals surface area contributed by atoms with Crippen molar-refractivity contribution in [1.82, 2.24) is 4.98 Å². The molecule has 2 atom stereocenters. The molecule has 1 amide bonds. The predicted octanol–water partition coefficient (Wildman–Crippen LogP) is 5.37. The van der Waals surface area contributed by atoms with Crippen molar-refractivity contribution in [3.05, 3.63) is 34.2 Å². The van der Waals surface area contributed by atoms with Gasteiger partial charge < -0.3 is 10.6 Å². The van der Waals surface area contributed by atoms with Crippen molar-refractivity contribution in [2.45, 2.75) is 50.9 Å². The van der Waals surface area contributed by atoms with Gasteiger partial charge in [0.05, 0.1) is 39.1 Å². The van der Waals surface area contributed by atoms with Crippen LogP contribution in [0.1, 0.15) is 47.9 Å². The average molecular weight is 537 g/mol. The number of nitrogens with two attached hydrogens (primary N) is 1. The Morgan fingerprint density at radius 2 is 1.86 bits per heavy atom. The van der Waals surface area contributed by atoms with E-state index in [-0.39, 0.29) is 12.8 Å². The zero-order chi connectivity index (χ0) is 25.9. The van der Waals surface area contributed by atoms with E-state index < -0.39 is 45.6 Å². The lowest BCUT2D eigenvalue weighted by molar-refractivity contribution is -0.151. The summed E-state index contributed by atoms with van der Waals surface area (Å²) in [6.07, 6.45) is -0.232. The minimum absolute atomic E-state index is 0.0618. The summed E-state index contributed by atoms with van der Waals surface area (Å²) in [5.41, 5.74) is 5.48. The van der Waals surface area contributed by atoms with Crippen LogP contribution in [-0.4, -0.2) is 50.5 Å². The number of thiazole rings is 1. The van der Waals surface area contributed by atoms with Crippen LogP contribution < -0.4 is 10.6 Å². The van der Waals surface area contributed by atoms with Crippen molar-refractivity contribution in [3.8, 4) is 17.3 Å². The maximum absolute atomic E-state index is 14.8. The Kier molecular flexibility index (Phi) is 6.10. The summed E-state index contributed by atoms with van der Waals surface area (Å²) in [4.78, 5) is 20.6. The fraction of sp³-hybridized carbons (Fsp3) is 0.560. The lowest BCUT2D eigenvalue weighted by atomic mass is 9.56. The van der Waals surface area contributed by atoms with Crippen molar-refractivity contribution in [3.63, 3.8) is 0 Å². The first kappa shape index (κ1) is 25.4. The van der Waals surface area contributed by atoms with Gasteiger partial charge in [-0.3, -0.25) is 13.9 Å². The van der Waals surface area contributed by atoms with Crippen molar-refractivity contribution >= 4 is 33.5 Å². The van der Waals surface area contributed by atoms with Crippen LogP contribution >= 0.6 is 21.9 Å². The van der Waals surface area contributed by atoms with Crippen LogP contribution in [0, 0.1) is 29.1 Å². The molecule has 2 heterocycles. The van der Waals surface area contributed by atoms with E-state index in [2.05, 4.69) is 11.0 Å². The molecule has 4 N–H and O–H groups in total. The Balaban J connectivity index is 1.52. The minimum atomic E-state index is -3.06. The van der Waals surface area contributed by atoms with Crippen LogP contribution in [0.25, 0.3) is 11.3 Å². The van der Waals surface area contributed by atoms with Gasteiger partial charge in [0.2, 0.25) is 11.8 Å². The van der Waals surface area contributed by atoms with Gasteiger partial charge in [-0.2, -0.15) is 15.9 Å². The molecule has 2 unspecified atom stereocenters. The van der Waals surface area contributed by atoms with Crippen molar-refractivity contribution in [1.29, 1.82) is 5.26 Å². The number of hydrogen-bond acceptors (Lipinski definition) is 7. The summed E-state index contributed by atoms with van der Waals surface area (Å²) in [5.74, 6) is -3.81. The van der Waals surface area contributed by atoms with Crippen LogP contribution in [0.2, 0.25) is 0 Å². The highest BCUT2D eigenvalue weighted by Crippen LogP contribution is 2.70. The van der Waals surface area contributed by atoms with Gasteiger partial charge in [0.25, 0.3) is 0 Å². The van der Waals surface area contributed by atoms with E-state index in [0.717, 1.165) is 21.1 Å². The number of halogens is 2. The second-order valence-corrected chi connectivity index (χ2v) is 14.0. The first-order valence-corrected chi connectivity index (χ1v) is 14.8. The highest BCUT2D eigenvalue weighted by Gasteiger charge is 2.71. The highest BCUT2D eigenvalue weighted by atomic mass is 32.3. The molecule has 3 aliphatic rings. The van der Waals surface area contributed by atoms with Crippen molar-refractivity contribution in [2.24, 2.45) is 16.6 Å². The molecule has 0 radical (unpaired) electrons. The number of carbonyl (C=O) groups is 1. The van der Waals surface area contributed by atoms with Gasteiger partial charge in [-0.15, -0.1) is 11.3 Å². The molecule has 0 bridgehead atoms.